The number of aromatic nitrogens is 1. The molecule has 1 aliphatic rings. The number of allylic oxidation sites excluding steroid dienone is 1. The number of hydrogen-bond acceptors (Lipinski definition) is 2. The molecule has 0 fully saturated rings. The minimum atomic E-state index is 0.873. The highest BCUT2D eigenvalue weighted by Crippen LogP contribution is 2.02. The zero-order chi connectivity index (χ0) is 7.52. The van der Waals surface area contributed by atoms with Crippen molar-refractivity contribution in [1.29, 1.82) is 0 Å². The molecule has 53 valence electrons. The Labute approximate surface area is 64.5 Å². The van der Waals surface area contributed by atoms with E-state index in [2.05, 4.69) is 15.5 Å². The van der Waals surface area contributed by atoms with Crippen molar-refractivity contribution < 1.29 is 0 Å². The highest BCUT2D eigenvalue weighted by Gasteiger charge is 2.02. The lowest BCUT2D eigenvalue weighted by Crippen LogP contribution is -1.94. The highest BCUT2D eigenvalue weighted by atomic mass is 15.3. The van der Waals surface area contributed by atoms with Gasteiger partial charge in [-0.05, 0) is 18.2 Å². The van der Waals surface area contributed by atoms with Crippen LogP contribution in [0, 0.1) is 0 Å². The molecular weight excluding hydrogens is 138 g/mol. The monoisotopic (exact) mass is 144 g/mol. The van der Waals surface area contributed by atoms with Crippen LogP contribution in [0.25, 0.3) is 0 Å². The molecule has 0 aliphatic carbocycles. The Balaban J connectivity index is 2.37. The van der Waals surface area contributed by atoms with Gasteiger partial charge >= 0.3 is 0 Å². The maximum absolute atomic E-state index is 3.97. The van der Waals surface area contributed by atoms with Crippen LogP contribution in [0.1, 0.15) is 5.56 Å². The summed E-state index contributed by atoms with van der Waals surface area (Å²) in [5.41, 5.74) is 5.60. The Morgan fingerprint density at radius 3 is 2.91 bits per heavy atom. The summed E-state index contributed by atoms with van der Waals surface area (Å²) < 4.78 is 0. The van der Waals surface area contributed by atoms with Crippen molar-refractivity contribution in [3.8, 4) is 0 Å². The van der Waals surface area contributed by atoms with Gasteiger partial charge in [-0.2, -0.15) is 10.5 Å². The maximum Gasteiger partial charge on any atom is 0.0960 e. The van der Waals surface area contributed by atoms with Crippen molar-refractivity contribution >= 4 is 5.71 Å². The fourth-order valence-corrected chi connectivity index (χ4v) is 0.901. The lowest BCUT2D eigenvalue weighted by Gasteiger charge is -1.92. The lowest BCUT2D eigenvalue weighted by molar-refractivity contribution is 0.972. The van der Waals surface area contributed by atoms with Crippen LogP contribution in [0.4, 0.5) is 0 Å². The van der Waals surface area contributed by atoms with Crippen molar-refractivity contribution in [2.45, 2.75) is 0 Å². The van der Waals surface area contributed by atoms with Crippen LogP contribution in [0.15, 0.2) is 41.9 Å². The Hall–Kier alpha value is -1.64. The van der Waals surface area contributed by atoms with Gasteiger partial charge in [0.25, 0.3) is 0 Å². The van der Waals surface area contributed by atoms with E-state index in [-0.39, 0.29) is 0 Å². The maximum atomic E-state index is 3.97. The number of pyridine rings is 1. The summed E-state index contributed by atoms with van der Waals surface area (Å²) in [6, 6.07) is 3.83. The van der Waals surface area contributed by atoms with Crippen molar-refractivity contribution in [1.82, 2.24) is 10.4 Å². The first-order valence-electron chi connectivity index (χ1n) is 3.31. The fourth-order valence-electron chi connectivity index (χ4n) is 0.901. The number of rotatable bonds is 1. The summed E-state index contributed by atoms with van der Waals surface area (Å²) in [5, 5.41) is 3.90. The summed E-state index contributed by atoms with van der Waals surface area (Å²) in [4.78, 5) is 3.97. The molecule has 3 heteroatoms. The lowest BCUT2D eigenvalue weighted by atomic mass is 10.2. The van der Waals surface area contributed by atoms with Gasteiger partial charge in [-0.1, -0.05) is 0 Å². The van der Waals surface area contributed by atoms with Crippen LogP contribution < -0.4 is 5.43 Å². The summed E-state index contributed by atoms with van der Waals surface area (Å²) in [7, 11) is 0. The zero-order valence-corrected chi connectivity index (χ0v) is 5.81. The summed E-state index contributed by atoms with van der Waals surface area (Å²) >= 11 is 0. The molecule has 11 heavy (non-hydrogen) atoms. The molecule has 0 amide bonds. The Kier molecular flexibility index (Phi) is 1.41. The second-order valence-electron chi connectivity index (χ2n) is 2.16. The van der Waals surface area contributed by atoms with E-state index in [1.807, 2.05) is 18.2 Å². The molecule has 3 nitrogen and oxygen atoms in total. The minimum Gasteiger partial charge on any atom is -0.264 e. The zero-order valence-electron chi connectivity index (χ0n) is 5.81. The van der Waals surface area contributed by atoms with Crippen LogP contribution in [0.5, 0.6) is 0 Å². The predicted octanol–water partition coefficient (Wildman–Crippen LogP) is 0.917. The van der Waals surface area contributed by atoms with Crippen LogP contribution >= 0.6 is 0 Å². The smallest absolute Gasteiger partial charge is 0.0960 e. The quantitative estimate of drug-likeness (QED) is 0.577. The molecule has 0 saturated carbocycles. The summed E-state index contributed by atoms with van der Waals surface area (Å²) in [6.07, 6.45) is 7.03. The van der Waals surface area contributed by atoms with E-state index in [0.29, 0.717) is 0 Å². The van der Waals surface area contributed by atoms with E-state index in [0.717, 1.165) is 11.3 Å². The van der Waals surface area contributed by atoms with Crippen LogP contribution in [0.2, 0.25) is 0 Å². The Morgan fingerprint density at radius 1 is 1.27 bits per heavy atom. The first-order chi connectivity index (χ1) is 5.47. The fraction of sp³-hybridized carbons (Fsp3) is 0. The molecule has 2 heterocycles. The van der Waals surface area contributed by atoms with Gasteiger partial charge in [0.1, 0.15) is 0 Å². The van der Waals surface area contributed by atoms with E-state index in [9.17, 15) is 0 Å². The molecule has 1 aromatic heterocycles. The standard InChI is InChI=1S/C8H6N3/c1-2-7(6-9-4-1)8-3-5-10-11-8/h1-6H. The second-order valence-corrected chi connectivity index (χ2v) is 2.16. The second kappa shape index (κ2) is 2.54. The van der Waals surface area contributed by atoms with Gasteiger partial charge in [0.15, 0.2) is 0 Å². The highest BCUT2D eigenvalue weighted by molar-refractivity contribution is 6.09. The molecular formula is C8H6N3. The molecule has 0 unspecified atom stereocenters. The van der Waals surface area contributed by atoms with Gasteiger partial charge in [-0.15, -0.1) is 0 Å². The molecule has 0 N–H and O–H groups in total. The van der Waals surface area contributed by atoms with Crippen molar-refractivity contribution in [3.05, 3.63) is 42.4 Å². The van der Waals surface area contributed by atoms with Crippen molar-refractivity contribution in [2.75, 3.05) is 0 Å². The molecule has 0 aromatic carbocycles. The number of hydrogen-bond donors (Lipinski definition) is 0. The molecule has 0 bridgehead atoms. The third-order valence-electron chi connectivity index (χ3n) is 1.42. The third-order valence-corrected chi connectivity index (χ3v) is 1.42. The Bertz CT molecular complexity index is 300. The molecule has 2 rings (SSSR count). The molecule has 0 spiro atoms. The van der Waals surface area contributed by atoms with Crippen LogP contribution in [-0.2, 0) is 0 Å². The van der Waals surface area contributed by atoms with E-state index in [1.54, 1.807) is 18.6 Å². The van der Waals surface area contributed by atoms with Crippen molar-refractivity contribution in [3.63, 3.8) is 0 Å². The first-order valence-corrected chi connectivity index (χ1v) is 3.31. The van der Waals surface area contributed by atoms with Gasteiger partial charge in [0, 0.05) is 18.0 Å². The third kappa shape index (κ3) is 1.12. The average molecular weight is 144 g/mol. The number of nitrogens with zero attached hydrogens (tertiary/aromatic N) is 3. The van der Waals surface area contributed by atoms with Crippen molar-refractivity contribution in [2.24, 2.45) is 5.10 Å². The van der Waals surface area contributed by atoms with Crippen LogP contribution in [-0.4, -0.2) is 10.7 Å². The summed E-state index contributed by atoms with van der Waals surface area (Å²) in [6.45, 7) is 0. The topological polar surface area (TPSA) is 39.4 Å². The molecule has 1 aromatic rings. The van der Waals surface area contributed by atoms with Crippen LogP contribution in [0.3, 0.4) is 0 Å². The van der Waals surface area contributed by atoms with E-state index in [4.69, 9.17) is 0 Å². The predicted molar refractivity (Wildman–Crippen MR) is 42.0 cm³/mol. The van der Waals surface area contributed by atoms with Gasteiger partial charge < -0.3 is 0 Å². The van der Waals surface area contributed by atoms with E-state index >= 15 is 0 Å². The molecule has 1 aliphatic heterocycles. The SMILES string of the molecule is C1=CC(c2cccnc2)=N[N]1. The van der Waals surface area contributed by atoms with E-state index in [1.165, 1.54) is 0 Å². The van der Waals surface area contributed by atoms with Gasteiger partial charge in [-0.25, -0.2) is 0 Å². The minimum absolute atomic E-state index is 0.873. The first kappa shape index (κ1) is 6.09. The molecule has 0 saturated heterocycles. The van der Waals surface area contributed by atoms with Gasteiger partial charge in [-0.3, -0.25) is 4.98 Å². The average Bonchev–Trinajstić information content (AvgIpc) is 2.58. The molecule has 0 atom stereocenters. The summed E-state index contributed by atoms with van der Waals surface area (Å²) in [5.74, 6) is 0. The Morgan fingerprint density at radius 2 is 2.27 bits per heavy atom. The van der Waals surface area contributed by atoms with Gasteiger partial charge in [0.05, 0.1) is 11.9 Å². The molecule has 1 radical (unpaired) electrons. The van der Waals surface area contributed by atoms with Gasteiger partial charge in [0.2, 0.25) is 0 Å². The van der Waals surface area contributed by atoms with E-state index < -0.39 is 0 Å². The largest absolute Gasteiger partial charge is 0.264 e. The normalized spacial score (nSPS) is 14.4.